The van der Waals surface area contributed by atoms with Gasteiger partial charge in [0, 0.05) is 44.1 Å². The molecule has 9 unspecified atom stereocenters. The third-order valence-electron chi connectivity index (χ3n) is 10.3. The van der Waals surface area contributed by atoms with Crippen LogP contribution in [-0.4, -0.2) is 173 Å². The number of aliphatic carboxylic acids is 3. The average Bonchev–Trinajstić information content (AvgIpc) is 3.46. The Hall–Kier alpha value is -4.99. The zero-order valence-corrected chi connectivity index (χ0v) is 35.1. The van der Waals surface area contributed by atoms with Crippen molar-refractivity contribution in [1.82, 2.24) is 15.3 Å². The predicted octanol–water partition coefficient (Wildman–Crippen LogP) is -2.64. The zero-order chi connectivity index (χ0) is 46.9. The van der Waals surface area contributed by atoms with Gasteiger partial charge in [-0.15, -0.1) is 0 Å². The molecule has 0 radical (unpaired) electrons. The molecular weight excluding hydrogens is 865 g/mol. The van der Waals surface area contributed by atoms with Crippen molar-refractivity contribution >= 4 is 54.8 Å². The van der Waals surface area contributed by atoms with Crippen LogP contribution in [0.3, 0.4) is 0 Å². The fourth-order valence-corrected chi connectivity index (χ4v) is 8.01. The number of carbonyl (C=O) groups excluding carboxylic acids is 1. The van der Waals surface area contributed by atoms with Gasteiger partial charge in [-0.3, -0.25) is 33.2 Å². The highest BCUT2D eigenvalue weighted by molar-refractivity contribution is 7.47. The lowest BCUT2D eigenvalue weighted by molar-refractivity contribution is -0.192. The van der Waals surface area contributed by atoms with Crippen LogP contribution in [-0.2, 0) is 48.7 Å². The van der Waals surface area contributed by atoms with Gasteiger partial charge in [0.25, 0.3) is 11.5 Å². The summed E-state index contributed by atoms with van der Waals surface area (Å²) in [5.74, 6) is -5.48. The molecule has 27 heteroatoms. The van der Waals surface area contributed by atoms with Crippen molar-refractivity contribution in [3.8, 4) is 0 Å². The molecule has 1 aromatic heterocycles. The van der Waals surface area contributed by atoms with Gasteiger partial charge in [-0.2, -0.15) is 4.98 Å². The number of carboxylic acids is 3. The molecule has 2 aromatic rings. The van der Waals surface area contributed by atoms with E-state index in [-0.39, 0.29) is 36.1 Å². The van der Waals surface area contributed by atoms with E-state index in [0.717, 1.165) is 0 Å². The Morgan fingerprint density at radius 3 is 2.27 bits per heavy atom. The molecule has 0 aliphatic carbocycles. The Morgan fingerprint density at radius 1 is 1.02 bits per heavy atom. The fourth-order valence-electron chi connectivity index (χ4n) is 7.09. The largest absolute Gasteiger partial charge is 0.481 e. The number of fused-ring (bicyclic) bond motifs is 1. The van der Waals surface area contributed by atoms with Crippen molar-refractivity contribution < 1.29 is 88.0 Å². The minimum absolute atomic E-state index is 0.00338. The predicted molar refractivity (Wildman–Crippen MR) is 216 cm³/mol. The molecule has 352 valence electrons. The lowest BCUT2D eigenvalue weighted by Gasteiger charge is -2.43. The van der Waals surface area contributed by atoms with Crippen molar-refractivity contribution in [2.45, 2.75) is 119 Å². The molecule has 2 aliphatic rings. The summed E-state index contributed by atoms with van der Waals surface area (Å²) >= 11 is 0. The SMILES string of the molecule is CC(Nc1ccc(CC(O)C(O)C(O)CO[C@H]2O[C@H](COP(=O)(O)OC(CCC(=O)O)C(=O)NC(CCC(=O)O)C(=O)O)[C@@H](O)[C@H]2O)cc1)C1C(C)Nc2nc(N)[nH]c(=O)c2N1C. The van der Waals surface area contributed by atoms with Crippen LogP contribution in [0.25, 0.3) is 0 Å². The number of carboxylic acid groups (broad SMARTS) is 3. The lowest BCUT2D eigenvalue weighted by atomic mass is 9.97. The third-order valence-corrected chi connectivity index (χ3v) is 11.3. The first-order valence-electron chi connectivity index (χ1n) is 19.5. The van der Waals surface area contributed by atoms with Crippen LogP contribution in [0.4, 0.5) is 23.1 Å². The highest BCUT2D eigenvalue weighted by atomic mass is 31.2. The number of nitrogens with zero attached hydrogens (tertiary/aromatic N) is 2. The fraction of sp³-hybridized carbons (Fsp3) is 0.611. The molecule has 1 saturated heterocycles. The second-order valence-electron chi connectivity index (χ2n) is 15.1. The molecule has 26 nitrogen and oxygen atoms in total. The topological polar surface area (TPSA) is 415 Å². The van der Waals surface area contributed by atoms with Crippen LogP contribution >= 0.6 is 7.82 Å². The molecule has 63 heavy (non-hydrogen) atoms. The normalized spacial score (nSPS) is 24.7. The number of nitrogens with one attached hydrogen (secondary N) is 4. The summed E-state index contributed by atoms with van der Waals surface area (Å²) in [4.78, 5) is 77.7. The second kappa shape index (κ2) is 22.1. The van der Waals surface area contributed by atoms with E-state index in [1.165, 1.54) is 0 Å². The number of hydrogen-bond acceptors (Lipinski definition) is 20. The van der Waals surface area contributed by atoms with Crippen LogP contribution in [0.15, 0.2) is 29.1 Å². The van der Waals surface area contributed by atoms with Gasteiger partial charge in [0.1, 0.15) is 48.4 Å². The summed E-state index contributed by atoms with van der Waals surface area (Å²) in [6.07, 6.45) is -17.0. The van der Waals surface area contributed by atoms with E-state index >= 15 is 0 Å². The van der Waals surface area contributed by atoms with Gasteiger partial charge in [0.2, 0.25) is 5.95 Å². The van der Waals surface area contributed by atoms with Crippen molar-refractivity contribution in [3.05, 3.63) is 40.2 Å². The van der Waals surface area contributed by atoms with Crippen LogP contribution in [0.5, 0.6) is 0 Å². The standard InChI is InChI=1S/C36H54N7O19P/c1-15(26-16(2)39-31-27(43(26)3)33(54)42-36(37)41-31)38-18-6-4-17(5-7-18)12-20(44)28(50)21(45)13-59-35-30(52)29(51)23(61-35)14-60-63(57,58)62-22(9-11-25(48)49)32(53)40-19(34(55)56)8-10-24(46)47/h4-7,15-16,19-23,26,28-30,35,38,44-45,50-52H,8-14H2,1-3H3,(H,40,53)(H,46,47)(H,48,49)(H,55,56)(H,57,58)(H4,37,39,41,42,54)/t15?,16?,19?,20?,21?,22?,23-,26?,28?,29-,30-,35+/m1/s1. The first-order valence-corrected chi connectivity index (χ1v) is 21.0. The highest BCUT2D eigenvalue weighted by Gasteiger charge is 2.46. The molecule has 4 rings (SSSR count). The number of phosphoric acid groups is 1. The Bertz CT molecular complexity index is 2010. The second-order valence-corrected chi connectivity index (χ2v) is 16.5. The van der Waals surface area contributed by atoms with Gasteiger partial charge >= 0.3 is 25.7 Å². The number of amides is 1. The number of aromatic nitrogens is 2. The number of anilines is 4. The number of H-pyrrole nitrogens is 1. The van der Waals surface area contributed by atoms with Gasteiger partial charge in [-0.1, -0.05) is 12.1 Å². The quantitative estimate of drug-likeness (QED) is 0.0479. The number of rotatable bonds is 24. The maximum absolute atomic E-state index is 12.8. The monoisotopic (exact) mass is 919 g/mol. The number of phosphoric ester groups is 1. The molecule has 1 amide bonds. The number of carbonyl (C=O) groups is 4. The summed E-state index contributed by atoms with van der Waals surface area (Å²) in [5.41, 5.74) is 6.96. The number of likely N-dealkylation sites (N-methyl/N-ethyl adjacent to an activating group) is 1. The molecule has 0 spiro atoms. The van der Waals surface area contributed by atoms with Gasteiger partial charge in [-0.05, 0) is 44.4 Å². The Balaban J connectivity index is 1.25. The molecule has 1 aromatic carbocycles. The highest BCUT2D eigenvalue weighted by Crippen LogP contribution is 2.46. The van der Waals surface area contributed by atoms with Crippen molar-refractivity contribution in [2.75, 3.05) is 41.5 Å². The van der Waals surface area contributed by atoms with Gasteiger partial charge < -0.3 is 81.8 Å². The minimum Gasteiger partial charge on any atom is -0.481 e. The lowest BCUT2D eigenvalue weighted by Crippen LogP contribution is -2.57. The summed E-state index contributed by atoms with van der Waals surface area (Å²) in [5, 5.41) is 88.6. The number of nitrogen functional groups attached to an aromatic ring is 1. The molecule has 2 aliphatic heterocycles. The van der Waals surface area contributed by atoms with Crippen LogP contribution in [0.1, 0.15) is 45.1 Å². The van der Waals surface area contributed by atoms with E-state index in [1.807, 2.05) is 24.1 Å². The number of benzene rings is 1. The van der Waals surface area contributed by atoms with Crippen LogP contribution < -0.4 is 32.1 Å². The van der Waals surface area contributed by atoms with Gasteiger partial charge in [0.05, 0.1) is 25.4 Å². The summed E-state index contributed by atoms with van der Waals surface area (Å²) in [7, 11) is -3.54. The number of hydrogen-bond donors (Lipinski definition) is 14. The van der Waals surface area contributed by atoms with Crippen molar-refractivity contribution in [3.63, 3.8) is 0 Å². The molecule has 3 heterocycles. The van der Waals surface area contributed by atoms with E-state index in [2.05, 4.69) is 20.6 Å². The Labute approximate surface area is 358 Å². The molecule has 1 fully saturated rings. The summed E-state index contributed by atoms with van der Waals surface area (Å²) in [6, 6.07) is 4.59. The van der Waals surface area contributed by atoms with E-state index in [1.54, 1.807) is 31.3 Å². The Morgan fingerprint density at radius 2 is 1.65 bits per heavy atom. The van der Waals surface area contributed by atoms with Crippen LogP contribution in [0, 0.1) is 0 Å². The van der Waals surface area contributed by atoms with Crippen LogP contribution in [0.2, 0.25) is 0 Å². The van der Waals surface area contributed by atoms with E-state index in [9.17, 15) is 64.1 Å². The first-order chi connectivity index (χ1) is 29.5. The van der Waals surface area contributed by atoms with Crippen molar-refractivity contribution in [1.29, 1.82) is 0 Å². The van der Waals surface area contributed by atoms with E-state index < -0.39 is 126 Å². The minimum atomic E-state index is -5.33. The third kappa shape index (κ3) is 14.0. The van der Waals surface area contributed by atoms with Gasteiger partial charge in [-0.25, -0.2) is 9.36 Å². The Kier molecular flexibility index (Phi) is 17.7. The number of nitrogens with two attached hydrogens (primary N) is 1. The summed E-state index contributed by atoms with van der Waals surface area (Å²) < 4.78 is 33.0. The maximum Gasteiger partial charge on any atom is 0.473 e. The zero-order valence-electron chi connectivity index (χ0n) is 34.2. The first kappa shape index (κ1) is 50.7. The summed E-state index contributed by atoms with van der Waals surface area (Å²) in [6.45, 7) is 2.15. The number of aromatic amines is 1. The molecule has 15 N–H and O–H groups in total. The van der Waals surface area contributed by atoms with E-state index in [4.69, 9.17) is 34.5 Å². The smallest absolute Gasteiger partial charge is 0.473 e. The number of aliphatic hydroxyl groups is 5. The maximum atomic E-state index is 12.8. The van der Waals surface area contributed by atoms with Crippen molar-refractivity contribution in [2.24, 2.45) is 0 Å². The molecule has 0 saturated carbocycles. The van der Waals surface area contributed by atoms with E-state index in [0.29, 0.717) is 22.8 Å². The van der Waals surface area contributed by atoms with Gasteiger partial charge in [0.15, 0.2) is 12.1 Å². The average molecular weight is 920 g/mol. The molecular formula is C36H54N7O19P. The number of aliphatic hydroxyl groups excluding tert-OH is 5. The molecule has 0 bridgehead atoms. The molecule has 13 atom stereocenters. The number of ether oxygens (including phenoxy) is 2.